The van der Waals surface area contributed by atoms with Gasteiger partial charge in [-0.3, -0.25) is 9.69 Å². The van der Waals surface area contributed by atoms with E-state index in [4.69, 9.17) is 0 Å². The fourth-order valence-electron chi connectivity index (χ4n) is 3.63. The van der Waals surface area contributed by atoms with Crippen molar-refractivity contribution in [3.05, 3.63) is 29.3 Å². The van der Waals surface area contributed by atoms with Crippen molar-refractivity contribution in [2.75, 3.05) is 32.8 Å². The zero-order valence-electron chi connectivity index (χ0n) is 16.6. The van der Waals surface area contributed by atoms with Gasteiger partial charge in [-0.25, -0.2) is 18.1 Å². The second-order valence-corrected chi connectivity index (χ2v) is 9.40. The summed E-state index contributed by atoms with van der Waals surface area (Å²) < 4.78 is 27.5. The van der Waals surface area contributed by atoms with Gasteiger partial charge in [-0.1, -0.05) is 25.5 Å². The predicted molar refractivity (Wildman–Crippen MR) is 105 cm³/mol. The van der Waals surface area contributed by atoms with E-state index in [1.165, 1.54) is 9.21 Å². The van der Waals surface area contributed by atoms with Gasteiger partial charge in [-0.2, -0.15) is 4.31 Å². The summed E-state index contributed by atoms with van der Waals surface area (Å²) in [5.74, 6) is -0.197. The molecule has 0 bridgehead atoms. The van der Waals surface area contributed by atoms with Crippen LogP contribution in [0.1, 0.15) is 30.9 Å². The number of sulfonamides is 1. The molecule has 3 rings (SSSR count). The third-order valence-corrected chi connectivity index (χ3v) is 7.36. The van der Waals surface area contributed by atoms with Crippen LogP contribution < -0.4 is 5.32 Å². The van der Waals surface area contributed by atoms with Crippen molar-refractivity contribution >= 4 is 22.0 Å². The Morgan fingerprint density at radius 1 is 1.11 bits per heavy atom. The molecule has 0 spiro atoms. The highest BCUT2D eigenvalue weighted by Crippen LogP contribution is 2.23. The average Bonchev–Trinajstić information content (AvgIpc) is 2.92. The summed E-state index contributed by atoms with van der Waals surface area (Å²) in [5.41, 5.74) is 1.64. The Hall–Kier alpha value is -1.97. The van der Waals surface area contributed by atoms with E-state index in [1.807, 2.05) is 30.9 Å². The van der Waals surface area contributed by atoms with E-state index in [2.05, 4.69) is 5.32 Å². The maximum atomic E-state index is 13.0. The number of imide groups is 1. The van der Waals surface area contributed by atoms with Gasteiger partial charge in [0.25, 0.3) is 5.91 Å². The maximum absolute atomic E-state index is 13.0. The minimum Gasteiger partial charge on any atom is -0.326 e. The van der Waals surface area contributed by atoms with Gasteiger partial charge in [0.2, 0.25) is 10.0 Å². The summed E-state index contributed by atoms with van der Waals surface area (Å²) in [6.07, 6.45) is 1.45. The van der Waals surface area contributed by atoms with Crippen LogP contribution >= 0.6 is 0 Å². The number of carbonyl (C=O) groups excluding carboxylic acids is 2. The molecule has 0 saturated carbocycles. The van der Waals surface area contributed by atoms with Gasteiger partial charge < -0.3 is 5.32 Å². The molecule has 2 heterocycles. The first-order valence-corrected chi connectivity index (χ1v) is 11.1. The number of piperazine rings is 1. The molecule has 0 radical (unpaired) electrons. The van der Waals surface area contributed by atoms with Crippen LogP contribution in [0.4, 0.5) is 4.79 Å². The number of amides is 3. The third kappa shape index (κ3) is 4.06. The molecule has 2 fully saturated rings. The molecular weight excluding hydrogens is 380 g/mol. The Morgan fingerprint density at radius 2 is 1.79 bits per heavy atom. The quantitative estimate of drug-likeness (QED) is 0.717. The molecule has 2 aliphatic rings. The highest BCUT2D eigenvalue weighted by molar-refractivity contribution is 7.89. The van der Waals surface area contributed by atoms with Crippen LogP contribution in [0.25, 0.3) is 0 Å². The first-order valence-electron chi connectivity index (χ1n) is 9.65. The van der Waals surface area contributed by atoms with Gasteiger partial charge in [0, 0.05) is 26.2 Å². The van der Waals surface area contributed by atoms with Crippen molar-refractivity contribution < 1.29 is 18.0 Å². The first-order chi connectivity index (χ1) is 13.2. The van der Waals surface area contributed by atoms with Crippen LogP contribution in [0, 0.1) is 13.8 Å². The van der Waals surface area contributed by atoms with Crippen molar-refractivity contribution in [2.24, 2.45) is 0 Å². The van der Waals surface area contributed by atoms with E-state index < -0.39 is 16.1 Å². The van der Waals surface area contributed by atoms with Crippen LogP contribution in [0.3, 0.4) is 0 Å². The van der Waals surface area contributed by atoms with Crippen LogP contribution in [-0.4, -0.2) is 73.4 Å². The normalized spacial score (nSPS) is 22.0. The SMILES string of the molecule is CCC[C@@H]1NC(=O)N(CN2CCN(S(=O)(=O)c3cc(C)ccc3C)CC2)C1=O. The molecule has 1 aromatic carbocycles. The van der Waals surface area contributed by atoms with E-state index >= 15 is 0 Å². The van der Waals surface area contributed by atoms with Gasteiger partial charge >= 0.3 is 6.03 Å². The van der Waals surface area contributed by atoms with E-state index in [1.54, 1.807) is 13.0 Å². The monoisotopic (exact) mass is 408 g/mol. The molecule has 3 amide bonds. The Kier molecular flexibility index (Phi) is 6.07. The standard InChI is InChI=1S/C19H28N4O4S/c1-4-5-16-18(24)23(19(25)20-16)13-21-8-10-22(11-9-21)28(26,27)17-12-14(2)6-7-15(17)3/h6-7,12,16H,4-5,8-11,13H2,1-3H3,(H,20,25)/t16-/m0/s1. The second-order valence-electron chi connectivity index (χ2n) is 7.49. The van der Waals surface area contributed by atoms with Gasteiger partial charge in [0.05, 0.1) is 11.6 Å². The lowest BCUT2D eigenvalue weighted by Crippen LogP contribution is -2.52. The number of hydrogen-bond acceptors (Lipinski definition) is 5. The van der Waals surface area contributed by atoms with Gasteiger partial charge in [-0.15, -0.1) is 0 Å². The molecule has 1 atom stereocenters. The largest absolute Gasteiger partial charge is 0.326 e. The van der Waals surface area contributed by atoms with Crippen molar-refractivity contribution in [1.29, 1.82) is 0 Å². The van der Waals surface area contributed by atoms with E-state index in [0.29, 0.717) is 37.5 Å². The molecule has 8 nitrogen and oxygen atoms in total. The molecule has 0 aromatic heterocycles. The highest BCUT2D eigenvalue weighted by atomic mass is 32.2. The summed E-state index contributed by atoms with van der Waals surface area (Å²) in [6.45, 7) is 7.45. The van der Waals surface area contributed by atoms with Crippen molar-refractivity contribution in [1.82, 2.24) is 19.4 Å². The first kappa shape index (κ1) is 20.8. The van der Waals surface area contributed by atoms with Crippen molar-refractivity contribution in [3.63, 3.8) is 0 Å². The maximum Gasteiger partial charge on any atom is 0.325 e. The summed E-state index contributed by atoms with van der Waals surface area (Å²) in [5, 5.41) is 2.71. The highest BCUT2D eigenvalue weighted by Gasteiger charge is 2.39. The lowest BCUT2D eigenvalue weighted by molar-refractivity contribution is -0.129. The van der Waals surface area contributed by atoms with E-state index in [0.717, 1.165) is 17.5 Å². The second kappa shape index (κ2) is 8.18. The summed E-state index contributed by atoms with van der Waals surface area (Å²) >= 11 is 0. The summed E-state index contributed by atoms with van der Waals surface area (Å²) in [7, 11) is -3.56. The average molecular weight is 409 g/mol. The fourth-order valence-corrected chi connectivity index (χ4v) is 5.36. The Morgan fingerprint density at radius 3 is 2.43 bits per heavy atom. The number of nitrogens with one attached hydrogen (secondary N) is 1. The molecule has 1 N–H and O–H groups in total. The van der Waals surface area contributed by atoms with E-state index in [-0.39, 0.29) is 18.6 Å². The molecular formula is C19H28N4O4S. The molecule has 9 heteroatoms. The molecule has 1 aromatic rings. The predicted octanol–water partition coefficient (Wildman–Crippen LogP) is 1.29. The minimum atomic E-state index is -3.56. The smallest absolute Gasteiger partial charge is 0.325 e. The number of benzene rings is 1. The van der Waals surface area contributed by atoms with Crippen LogP contribution in [0.2, 0.25) is 0 Å². The van der Waals surface area contributed by atoms with Gasteiger partial charge in [0.15, 0.2) is 0 Å². The number of nitrogens with zero attached hydrogens (tertiary/aromatic N) is 3. The van der Waals surface area contributed by atoms with Gasteiger partial charge in [-0.05, 0) is 37.5 Å². The number of carbonyl (C=O) groups is 2. The Bertz CT molecular complexity index is 863. The molecule has 2 saturated heterocycles. The number of urea groups is 1. The minimum absolute atomic E-state index is 0.197. The molecule has 28 heavy (non-hydrogen) atoms. The lowest BCUT2D eigenvalue weighted by atomic mass is 10.2. The molecule has 0 aliphatic carbocycles. The lowest BCUT2D eigenvalue weighted by Gasteiger charge is -2.35. The summed E-state index contributed by atoms with van der Waals surface area (Å²) in [6, 6.07) is 4.62. The number of rotatable bonds is 6. The fraction of sp³-hybridized carbons (Fsp3) is 0.579. The zero-order chi connectivity index (χ0) is 20.5. The Balaban J connectivity index is 1.62. The number of aryl methyl sites for hydroxylation is 2. The topological polar surface area (TPSA) is 90.0 Å². The third-order valence-electron chi connectivity index (χ3n) is 5.32. The molecule has 2 aliphatic heterocycles. The molecule has 0 unspecified atom stereocenters. The van der Waals surface area contributed by atoms with Crippen LogP contribution in [0.15, 0.2) is 23.1 Å². The molecule has 154 valence electrons. The zero-order valence-corrected chi connectivity index (χ0v) is 17.5. The van der Waals surface area contributed by atoms with Crippen molar-refractivity contribution in [3.8, 4) is 0 Å². The van der Waals surface area contributed by atoms with Gasteiger partial charge in [0.1, 0.15) is 6.04 Å². The Labute approximate surface area is 166 Å². The summed E-state index contributed by atoms with van der Waals surface area (Å²) in [4.78, 5) is 28.0. The van der Waals surface area contributed by atoms with E-state index in [9.17, 15) is 18.0 Å². The number of hydrogen-bond donors (Lipinski definition) is 1. The van der Waals surface area contributed by atoms with Crippen molar-refractivity contribution in [2.45, 2.75) is 44.6 Å². The van der Waals surface area contributed by atoms with Crippen LogP contribution in [0.5, 0.6) is 0 Å². The van der Waals surface area contributed by atoms with Crippen LogP contribution in [-0.2, 0) is 14.8 Å².